The average Bonchev–Trinajstić information content (AvgIpc) is 3.31. The number of nitrogens with one attached hydrogen (secondary N) is 1. The van der Waals surface area contributed by atoms with Crippen molar-refractivity contribution in [3.8, 4) is 0 Å². The van der Waals surface area contributed by atoms with Crippen LogP contribution in [0.1, 0.15) is 24.2 Å². The Morgan fingerprint density at radius 3 is 2.95 bits per heavy atom. The second-order valence-electron chi connectivity index (χ2n) is 9.82. The van der Waals surface area contributed by atoms with Gasteiger partial charge in [-0.25, -0.2) is 9.78 Å². The Balaban J connectivity index is 1.09. The SMILES string of the molecule is CN1C(=O)C(NC(=O)C(=NOC2(C(=O)O)CC2)c2csc(N)n2)C1Cn1ncc(CSC2Cn3cnc[n+]3C2)n1. The van der Waals surface area contributed by atoms with Gasteiger partial charge < -0.3 is 25.9 Å². The van der Waals surface area contributed by atoms with Crippen LogP contribution in [0, 0.1) is 0 Å². The number of amides is 2. The standard InChI is InChI=1S/C22H25N11O5S2/c1-30-15(7-33-25-4-12(28-33)8-39-13-5-31-10-24-11-32(31)6-13)17(19(30)35)27-18(34)16(14-9-40-21(23)26-14)29-38-22(2-3-22)20(36)37/h4,9-11,13,15,17H,2-3,5-8H2,1H3,(H3-,23,26,27,34,36,37)/p+1. The number of anilines is 1. The van der Waals surface area contributed by atoms with Crippen molar-refractivity contribution in [3.63, 3.8) is 0 Å². The number of carbonyl (C=O) groups is 3. The third-order valence-electron chi connectivity index (χ3n) is 7.08. The summed E-state index contributed by atoms with van der Waals surface area (Å²) in [5.74, 6) is -1.50. The summed E-state index contributed by atoms with van der Waals surface area (Å²) in [6.45, 7) is 2.04. The fourth-order valence-electron chi connectivity index (χ4n) is 4.53. The predicted octanol–water partition coefficient (Wildman–Crippen LogP) is -1.52. The Kier molecular flexibility index (Phi) is 6.65. The molecule has 0 bridgehead atoms. The van der Waals surface area contributed by atoms with E-state index in [0.717, 1.165) is 30.1 Å². The lowest BCUT2D eigenvalue weighted by molar-refractivity contribution is -0.758. The second kappa shape index (κ2) is 10.2. The molecule has 2 atom stereocenters. The summed E-state index contributed by atoms with van der Waals surface area (Å²) in [6.07, 6.45) is 5.88. The van der Waals surface area contributed by atoms with Gasteiger partial charge in [0.25, 0.3) is 5.91 Å². The van der Waals surface area contributed by atoms with E-state index in [9.17, 15) is 19.5 Å². The van der Waals surface area contributed by atoms with E-state index in [1.807, 2.05) is 12.7 Å². The number of rotatable bonds is 11. The Morgan fingerprint density at radius 2 is 2.25 bits per heavy atom. The number of nitrogen functional groups attached to an aromatic ring is 1. The Bertz CT molecular complexity index is 1470. The number of hydrogen-bond acceptors (Lipinski definition) is 12. The molecule has 1 saturated heterocycles. The van der Waals surface area contributed by atoms with Crippen LogP contribution in [0.4, 0.5) is 5.13 Å². The van der Waals surface area contributed by atoms with Crippen molar-refractivity contribution in [2.24, 2.45) is 5.16 Å². The molecule has 0 spiro atoms. The van der Waals surface area contributed by atoms with E-state index in [4.69, 9.17) is 10.6 Å². The van der Waals surface area contributed by atoms with Gasteiger partial charge in [0.05, 0.1) is 36.3 Å². The lowest BCUT2D eigenvalue weighted by atomic mass is 9.95. The van der Waals surface area contributed by atoms with E-state index >= 15 is 0 Å². The maximum atomic E-state index is 13.2. The van der Waals surface area contributed by atoms with E-state index in [2.05, 4.69) is 40.0 Å². The monoisotopic (exact) mass is 588 g/mol. The van der Waals surface area contributed by atoms with E-state index < -0.39 is 29.6 Å². The molecule has 3 aliphatic rings. The smallest absolute Gasteiger partial charge is 0.350 e. The molecule has 16 nitrogen and oxygen atoms in total. The van der Waals surface area contributed by atoms with Crippen molar-refractivity contribution in [2.45, 2.75) is 61.2 Å². The molecular formula is C22H26N11O5S2+. The number of likely N-dealkylation sites (N-methyl/N-ethyl adjacent to an activating group) is 1. The number of carboxylic acids is 1. The fourth-order valence-corrected chi connectivity index (χ4v) is 6.14. The normalized spacial score (nSPS) is 23.0. The largest absolute Gasteiger partial charge is 0.478 e. The molecule has 3 aromatic rings. The number of aromatic nitrogens is 7. The number of carbonyl (C=O) groups excluding carboxylic acids is 2. The predicted molar refractivity (Wildman–Crippen MR) is 140 cm³/mol. The highest BCUT2D eigenvalue weighted by Crippen LogP contribution is 2.40. The van der Waals surface area contributed by atoms with Crippen LogP contribution in [0.25, 0.3) is 0 Å². The summed E-state index contributed by atoms with van der Waals surface area (Å²) in [6, 6.07) is -1.28. The van der Waals surface area contributed by atoms with E-state index in [-0.39, 0.29) is 41.8 Å². The zero-order valence-electron chi connectivity index (χ0n) is 21.3. The Hall–Kier alpha value is -4.06. The molecule has 2 unspecified atom stereocenters. The summed E-state index contributed by atoms with van der Waals surface area (Å²) in [5.41, 5.74) is 4.95. The molecule has 0 radical (unpaired) electrons. The van der Waals surface area contributed by atoms with Crippen molar-refractivity contribution in [3.05, 3.63) is 35.6 Å². The number of oxime groups is 1. The zero-order valence-corrected chi connectivity index (χ0v) is 22.9. The van der Waals surface area contributed by atoms with Gasteiger partial charge in [-0.1, -0.05) is 5.16 Å². The zero-order chi connectivity index (χ0) is 28.0. The van der Waals surface area contributed by atoms with Gasteiger partial charge in [0.1, 0.15) is 18.3 Å². The Morgan fingerprint density at radius 1 is 1.43 bits per heavy atom. The minimum absolute atomic E-state index is 0.124. The topological polar surface area (TPSA) is 200 Å². The number of β-lactam (4-membered cyclic amide) rings is 1. The minimum Gasteiger partial charge on any atom is -0.478 e. The molecule has 1 aliphatic carbocycles. The molecule has 2 fully saturated rings. The van der Waals surface area contributed by atoms with Crippen LogP contribution in [0.5, 0.6) is 0 Å². The maximum absolute atomic E-state index is 13.2. The van der Waals surface area contributed by atoms with E-state index in [0.29, 0.717) is 11.0 Å². The number of thioether (sulfide) groups is 1. The number of nitrogens with zero attached hydrogens (tertiary/aromatic N) is 9. The number of carboxylic acid groups (broad SMARTS) is 1. The third-order valence-corrected chi connectivity index (χ3v) is 8.99. The average molecular weight is 589 g/mol. The van der Waals surface area contributed by atoms with Crippen LogP contribution in [-0.2, 0) is 44.6 Å². The summed E-state index contributed by atoms with van der Waals surface area (Å²) < 4.78 is 4.16. The number of fused-ring (bicyclic) bond motifs is 1. The summed E-state index contributed by atoms with van der Waals surface area (Å²) in [7, 11) is 1.64. The first-order chi connectivity index (χ1) is 19.2. The molecule has 2 aliphatic heterocycles. The molecule has 40 heavy (non-hydrogen) atoms. The van der Waals surface area contributed by atoms with Crippen molar-refractivity contribution in [1.29, 1.82) is 0 Å². The van der Waals surface area contributed by atoms with Gasteiger partial charge in [-0.15, -0.1) is 23.1 Å². The lowest BCUT2D eigenvalue weighted by Crippen LogP contribution is -2.71. The van der Waals surface area contributed by atoms with Crippen LogP contribution in [0.3, 0.4) is 0 Å². The Labute approximate surface area is 235 Å². The molecule has 18 heteroatoms. The minimum atomic E-state index is -1.46. The van der Waals surface area contributed by atoms with Gasteiger partial charge in [0.15, 0.2) is 10.8 Å². The van der Waals surface area contributed by atoms with Crippen molar-refractivity contribution in [1.82, 2.24) is 39.9 Å². The van der Waals surface area contributed by atoms with E-state index in [1.54, 1.807) is 25.0 Å². The first kappa shape index (κ1) is 26.2. The van der Waals surface area contributed by atoms with Gasteiger partial charge in [-0.3, -0.25) is 9.59 Å². The lowest BCUT2D eigenvalue weighted by Gasteiger charge is -2.44. The second-order valence-corrected chi connectivity index (χ2v) is 12.0. The highest BCUT2D eigenvalue weighted by molar-refractivity contribution is 7.99. The fraction of sp³-hybridized carbons (Fsp3) is 0.500. The van der Waals surface area contributed by atoms with Crippen LogP contribution in [0.15, 0.2) is 29.4 Å². The van der Waals surface area contributed by atoms with Gasteiger partial charge in [-0.2, -0.15) is 24.4 Å². The van der Waals surface area contributed by atoms with Crippen LogP contribution >= 0.6 is 23.1 Å². The molecule has 210 valence electrons. The van der Waals surface area contributed by atoms with Gasteiger partial charge >= 0.3 is 12.3 Å². The van der Waals surface area contributed by atoms with Crippen LogP contribution in [-0.4, -0.2) is 93.1 Å². The molecular weight excluding hydrogens is 562 g/mol. The maximum Gasteiger partial charge on any atom is 0.350 e. The highest BCUT2D eigenvalue weighted by atomic mass is 32.2. The number of likely N-dealkylation sites (tertiary alicyclic amines) is 1. The van der Waals surface area contributed by atoms with Crippen molar-refractivity contribution in [2.75, 3.05) is 12.8 Å². The first-order valence-electron chi connectivity index (χ1n) is 12.4. The summed E-state index contributed by atoms with van der Waals surface area (Å²) >= 11 is 2.88. The molecule has 3 aromatic heterocycles. The molecule has 5 heterocycles. The summed E-state index contributed by atoms with van der Waals surface area (Å²) in [4.78, 5) is 53.9. The first-order valence-corrected chi connectivity index (χ1v) is 14.3. The number of hydrogen-bond donors (Lipinski definition) is 3. The number of nitrogens with two attached hydrogens (primary N) is 1. The van der Waals surface area contributed by atoms with Crippen LogP contribution in [0.2, 0.25) is 0 Å². The number of aliphatic carboxylic acids is 1. The molecule has 6 rings (SSSR count). The van der Waals surface area contributed by atoms with E-state index in [1.165, 1.54) is 15.1 Å². The third kappa shape index (κ3) is 4.99. The van der Waals surface area contributed by atoms with Gasteiger partial charge in [0.2, 0.25) is 17.8 Å². The van der Waals surface area contributed by atoms with Gasteiger partial charge in [-0.05, 0) is 4.98 Å². The number of thiazole rings is 1. The molecule has 2 amide bonds. The quantitative estimate of drug-likeness (QED) is 0.102. The van der Waals surface area contributed by atoms with Crippen molar-refractivity contribution < 1.29 is 29.0 Å². The molecule has 0 aromatic carbocycles. The van der Waals surface area contributed by atoms with Crippen LogP contribution < -0.4 is 15.7 Å². The highest BCUT2D eigenvalue weighted by Gasteiger charge is 2.55. The molecule has 1 saturated carbocycles. The summed E-state index contributed by atoms with van der Waals surface area (Å²) in [5, 5.41) is 26.9. The molecule has 4 N–H and O–H groups in total. The van der Waals surface area contributed by atoms with Crippen molar-refractivity contribution >= 4 is 51.7 Å². The van der Waals surface area contributed by atoms with Gasteiger partial charge in [0, 0.05) is 31.0 Å².